The topological polar surface area (TPSA) is 49.8 Å². The molecule has 2 fully saturated rings. The molecule has 2 N–H and O–H groups in total. The zero-order valence-electron chi connectivity index (χ0n) is 11.1. The average molecular weight is 246 g/mol. The second-order valence-corrected chi connectivity index (χ2v) is 5.50. The summed E-state index contributed by atoms with van der Waals surface area (Å²) in [6.07, 6.45) is 7.69. The van der Waals surface area contributed by atoms with Crippen LogP contribution in [0.1, 0.15) is 56.1 Å². The Kier molecular flexibility index (Phi) is 3.46. The number of nitrogens with zero attached hydrogens (tertiary/aromatic N) is 2. The lowest BCUT2D eigenvalue weighted by Gasteiger charge is -2.16. The van der Waals surface area contributed by atoms with E-state index in [-0.39, 0.29) is 0 Å². The van der Waals surface area contributed by atoms with Crippen molar-refractivity contribution in [1.82, 2.24) is 15.3 Å². The predicted octanol–water partition coefficient (Wildman–Crippen LogP) is 2.56. The van der Waals surface area contributed by atoms with Crippen LogP contribution < -0.4 is 10.6 Å². The minimum Gasteiger partial charge on any atom is -0.367 e. The van der Waals surface area contributed by atoms with E-state index in [0.29, 0.717) is 12.1 Å². The average Bonchev–Trinajstić information content (AvgIpc) is 3.00. The highest BCUT2D eigenvalue weighted by Gasteiger charge is 2.20. The maximum absolute atomic E-state index is 4.58. The van der Waals surface area contributed by atoms with Gasteiger partial charge in [0.1, 0.15) is 11.6 Å². The van der Waals surface area contributed by atoms with Gasteiger partial charge >= 0.3 is 0 Å². The summed E-state index contributed by atoms with van der Waals surface area (Å²) < 4.78 is 0. The molecule has 1 saturated carbocycles. The van der Waals surface area contributed by atoms with E-state index in [2.05, 4.69) is 26.7 Å². The molecule has 1 aromatic rings. The van der Waals surface area contributed by atoms with Crippen LogP contribution >= 0.6 is 0 Å². The van der Waals surface area contributed by atoms with Gasteiger partial charge in [0.2, 0.25) is 0 Å². The van der Waals surface area contributed by atoms with Crippen molar-refractivity contribution in [2.75, 3.05) is 11.9 Å². The number of aromatic nitrogens is 2. The first-order valence-corrected chi connectivity index (χ1v) is 7.17. The highest BCUT2D eigenvalue weighted by atomic mass is 15.1. The minimum atomic E-state index is 0.427. The van der Waals surface area contributed by atoms with Gasteiger partial charge in [-0.25, -0.2) is 9.97 Å². The van der Waals surface area contributed by atoms with Gasteiger partial charge in [-0.2, -0.15) is 0 Å². The second-order valence-electron chi connectivity index (χ2n) is 5.50. The third-order valence-corrected chi connectivity index (χ3v) is 3.98. The Morgan fingerprint density at radius 2 is 2.00 bits per heavy atom. The van der Waals surface area contributed by atoms with E-state index in [1.54, 1.807) is 0 Å². The van der Waals surface area contributed by atoms with Gasteiger partial charge in [-0.05, 0) is 39.2 Å². The molecule has 3 rings (SSSR count). The van der Waals surface area contributed by atoms with Crippen molar-refractivity contribution in [2.24, 2.45) is 0 Å². The molecule has 1 aromatic heterocycles. The van der Waals surface area contributed by atoms with Gasteiger partial charge in [-0.3, -0.25) is 0 Å². The van der Waals surface area contributed by atoms with Gasteiger partial charge in [-0.1, -0.05) is 12.8 Å². The number of anilines is 1. The summed E-state index contributed by atoms with van der Waals surface area (Å²) in [5, 5.41) is 7.07. The summed E-state index contributed by atoms with van der Waals surface area (Å²) in [5.74, 6) is 1.89. The van der Waals surface area contributed by atoms with Crippen molar-refractivity contribution >= 4 is 5.82 Å². The third-order valence-electron chi connectivity index (χ3n) is 3.98. The SMILES string of the molecule is Cc1nc(NC2CCCC2)cc([C@@H]2CCCN2)n1. The Labute approximate surface area is 109 Å². The van der Waals surface area contributed by atoms with E-state index < -0.39 is 0 Å². The molecule has 2 heterocycles. The summed E-state index contributed by atoms with van der Waals surface area (Å²) >= 11 is 0. The van der Waals surface area contributed by atoms with E-state index in [9.17, 15) is 0 Å². The molecular formula is C14H22N4. The first kappa shape index (κ1) is 11.9. The van der Waals surface area contributed by atoms with E-state index in [1.807, 2.05) is 6.92 Å². The molecule has 1 aliphatic carbocycles. The third kappa shape index (κ3) is 2.64. The molecule has 0 unspecified atom stereocenters. The molecule has 0 spiro atoms. The number of hydrogen-bond donors (Lipinski definition) is 2. The second kappa shape index (κ2) is 5.22. The number of hydrogen-bond acceptors (Lipinski definition) is 4. The highest BCUT2D eigenvalue weighted by molar-refractivity contribution is 5.38. The molecule has 4 nitrogen and oxygen atoms in total. The number of nitrogens with one attached hydrogen (secondary N) is 2. The molecule has 18 heavy (non-hydrogen) atoms. The molecule has 0 bridgehead atoms. The van der Waals surface area contributed by atoms with Crippen LogP contribution in [0.25, 0.3) is 0 Å². The molecule has 4 heteroatoms. The van der Waals surface area contributed by atoms with Crippen LogP contribution in [0.4, 0.5) is 5.82 Å². The van der Waals surface area contributed by atoms with Gasteiger partial charge in [0, 0.05) is 18.2 Å². The Morgan fingerprint density at radius 3 is 2.72 bits per heavy atom. The summed E-state index contributed by atoms with van der Waals surface area (Å²) in [6.45, 7) is 3.09. The fourth-order valence-electron chi connectivity index (χ4n) is 3.06. The van der Waals surface area contributed by atoms with Gasteiger partial charge in [-0.15, -0.1) is 0 Å². The van der Waals surface area contributed by atoms with Crippen molar-refractivity contribution in [3.05, 3.63) is 17.6 Å². The summed E-state index contributed by atoms with van der Waals surface area (Å²) in [4.78, 5) is 9.10. The van der Waals surface area contributed by atoms with Crippen LogP contribution in [0.2, 0.25) is 0 Å². The van der Waals surface area contributed by atoms with Crippen LogP contribution in [-0.2, 0) is 0 Å². The highest BCUT2D eigenvalue weighted by Crippen LogP contribution is 2.25. The standard InChI is InChI=1S/C14H22N4/c1-10-16-13(12-7-4-8-15-12)9-14(17-10)18-11-5-2-3-6-11/h9,11-12,15H,2-8H2,1H3,(H,16,17,18)/t12-/m0/s1. The van der Waals surface area contributed by atoms with Crippen LogP contribution in [0.15, 0.2) is 6.07 Å². The van der Waals surface area contributed by atoms with Crippen molar-refractivity contribution in [3.8, 4) is 0 Å². The normalized spacial score (nSPS) is 24.6. The smallest absolute Gasteiger partial charge is 0.130 e. The van der Waals surface area contributed by atoms with Crippen molar-refractivity contribution in [3.63, 3.8) is 0 Å². The lowest BCUT2D eigenvalue weighted by Crippen LogP contribution is -2.19. The van der Waals surface area contributed by atoms with Crippen LogP contribution in [-0.4, -0.2) is 22.6 Å². The fourth-order valence-corrected chi connectivity index (χ4v) is 3.06. The quantitative estimate of drug-likeness (QED) is 0.860. The van der Waals surface area contributed by atoms with E-state index in [4.69, 9.17) is 0 Å². The monoisotopic (exact) mass is 246 g/mol. The first-order valence-electron chi connectivity index (χ1n) is 7.17. The Bertz CT molecular complexity index is 406. The van der Waals surface area contributed by atoms with Crippen molar-refractivity contribution in [2.45, 2.75) is 57.5 Å². The molecule has 1 atom stereocenters. The molecule has 0 radical (unpaired) electrons. The summed E-state index contributed by atoms with van der Waals surface area (Å²) in [6, 6.07) is 3.17. The molecule has 0 amide bonds. The maximum Gasteiger partial charge on any atom is 0.130 e. The lowest BCUT2D eigenvalue weighted by molar-refractivity contribution is 0.622. The Balaban J connectivity index is 1.76. The molecule has 1 aliphatic heterocycles. The van der Waals surface area contributed by atoms with Gasteiger partial charge in [0.25, 0.3) is 0 Å². The van der Waals surface area contributed by atoms with Crippen LogP contribution in [0.5, 0.6) is 0 Å². The van der Waals surface area contributed by atoms with Gasteiger partial charge in [0.05, 0.1) is 5.69 Å². The summed E-state index contributed by atoms with van der Waals surface area (Å²) in [7, 11) is 0. The van der Waals surface area contributed by atoms with E-state index >= 15 is 0 Å². The fraction of sp³-hybridized carbons (Fsp3) is 0.714. The minimum absolute atomic E-state index is 0.427. The van der Waals surface area contributed by atoms with Gasteiger partial charge in [0.15, 0.2) is 0 Å². The molecule has 98 valence electrons. The number of aryl methyl sites for hydroxylation is 1. The lowest BCUT2D eigenvalue weighted by atomic mass is 10.1. The molecule has 0 aromatic carbocycles. The predicted molar refractivity (Wildman–Crippen MR) is 72.6 cm³/mol. The van der Waals surface area contributed by atoms with E-state index in [1.165, 1.54) is 38.5 Å². The number of rotatable bonds is 3. The molecular weight excluding hydrogens is 224 g/mol. The molecule has 1 saturated heterocycles. The Hall–Kier alpha value is -1.16. The van der Waals surface area contributed by atoms with Crippen molar-refractivity contribution in [1.29, 1.82) is 0 Å². The van der Waals surface area contributed by atoms with E-state index in [0.717, 1.165) is 23.9 Å². The van der Waals surface area contributed by atoms with Crippen LogP contribution in [0.3, 0.4) is 0 Å². The maximum atomic E-state index is 4.58. The zero-order valence-corrected chi connectivity index (χ0v) is 11.1. The van der Waals surface area contributed by atoms with Crippen molar-refractivity contribution < 1.29 is 0 Å². The first-order chi connectivity index (χ1) is 8.81. The molecule has 2 aliphatic rings. The summed E-state index contributed by atoms with van der Waals surface area (Å²) in [5.41, 5.74) is 1.15. The van der Waals surface area contributed by atoms with Crippen LogP contribution in [0, 0.1) is 6.92 Å². The largest absolute Gasteiger partial charge is 0.367 e. The zero-order chi connectivity index (χ0) is 12.4. The van der Waals surface area contributed by atoms with Gasteiger partial charge < -0.3 is 10.6 Å². The Morgan fingerprint density at radius 1 is 1.17 bits per heavy atom.